The Morgan fingerprint density at radius 2 is 1.83 bits per heavy atom. The monoisotopic (exact) mass is 328 g/mol. The van der Waals surface area contributed by atoms with Gasteiger partial charge in [0.25, 0.3) is 0 Å². The third-order valence-electron chi connectivity index (χ3n) is 5.73. The molecule has 2 amide bonds. The Hall–Kier alpha value is -2.04. The highest BCUT2D eigenvalue weighted by Gasteiger charge is 2.55. The second-order valence-electron chi connectivity index (χ2n) is 7.69. The van der Waals surface area contributed by atoms with E-state index in [-0.39, 0.29) is 17.4 Å². The first-order valence-electron chi connectivity index (χ1n) is 8.75. The van der Waals surface area contributed by atoms with Gasteiger partial charge in [0.05, 0.1) is 18.5 Å². The molecule has 0 aromatic heterocycles. The molecule has 1 aliphatic carbocycles. The zero-order chi connectivity index (χ0) is 16.9. The van der Waals surface area contributed by atoms with Gasteiger partial charge in [0.2, 0.25) is 5.91 Å². The van der Waals surface area contributed by atoms with Crippen molar-refractivity contribution in [2.24, 2.45) is 0 Å². The van der Waals surface area contributed by atoms with Crippen LogP contribution in [0.1, 0.15) is 36.8 Å². The number of likely N-dealkylation sites (tertiary alicyclic amines) is 1. The van der Waals surface area contributed by atoms with Crippen molar-refractivity contribution in [3.8, 4) is 0 Å². The molecule has 1 aromatic carbocycles. The minimum Gasteiger partial charge on any atom is -0.439 e. The fraction of sp³-hybridized carbons (Fsp3) is 0.579. The van der Waals surface area contributed by atoms with Crippen molar-refractivity contribution < 1.29 is 14.3 Å². The lowest BCUT2D eigenvalue weighted by Crippen LogP contribution is -2.54. The third-order valence-corrected chi connectivity index (χ3v) is 5.73. The van der Waals surface area contributed by atoms with Gasteiger partial charge in [-0.1, -0.05) is 29.8 Å². The van der Waals surface area contributed by atoms with Gasteiger partial charge in [-0.05, 0) is 38.2 Å². The molecule has 1 aromatic rings. The fourth-order valence-corrected chi connectivity index (χ4v) is 4.20. The molecule has 3 fully saturated rings. The molecule has 128 valence electrons. The average Bonchev–Trinajstić information content (AvgIpc) is 3.31. The van der Waals surface area contributed by atoms with Gasteiger partial charge >= 0.3 is 6.09 Å². The number of hydrogen-bond donors (Lipinski definition) is 0. The van der Waals surface area contributed by atoms with Crippen molar-refractivity contribution in [2.75, 3.05) is 26.7 Å². The van der Waals surface area contributed by atoms with E-state index in [1.54, 1.807) is 11.9 Å². The van der Waals surface area contributed by atoms with Gasteiger partial charge in [0.15, 0.2) is 0 Å². The number of amides is 2. The number of benzene rings is 1. The number of rotatable bonds is 2. The Labute approximate surface area is 142 Å². The van der Waals surface area contributed by atoms with Crippen LogP contribution in [0.2, 0.25) is 0 Å². The van der Waals surface area contributed by atoms with E-state index >= 15 is 0 Å². The maximum Gasteiger partial charge on any atom is 0.410 e. The summed E-state index contributed by atoms with van der Waals surface area (Å²) in [6, 6.07) is 8.33. The van der Waals surface area contributed by atoms with Crippen molar-refractivity contribution in [3.05, 3.63) is 35.4 Å². The molecular weight excluding hydrogens is 304 g/mol. The Balaban J connectivity index is 1.54. The Morgan fingerprint density at radius 1 is 1.12 bits per heavy atom. The van der Waals surface area contributed by atoms with E-state index < -0.39 is 5.60 Å². The Morgan fingerprint density at radius 3 is 2.42 bits per heavy atom. The second kappa shape index (κ2) is 5.23. The normalized spacial score (nSPS) is 28.2. The van der Waals surface area contributed by atoms with Crippen LogP contribution < -0.4 is 0 Å². The molecule has 0 radical (unpaired) electrons. The van der Waals surface area contributed by atoms with E-state index in [0.717, 1.165) is 37.8 Å². The predicted molar refractivity (Wildman–Crippen MR) is 89.7 cm³/mol. The smallest absolute Gasteiger partial charge is 0.410 e. The first-order valence-corrected chi connectivity index (χ1v) is 8.75. The van der Waals surface area contributed by atoms with Gasteiger partial charge in [-0.2, -0.15) is 0 Å². The minimum atomic E-state index is -0.511. The van der Waals surface area contributed by atoms with Crippen LogP contribution in [0.4, 0.5) is 4.79 Å². The van der Waals surface area contributed by atoms with Crippen molar-refractivity contribution in [2.45, 2.75) is 43.6 Å². The van der Waals surface area contributed by atoms with E-state index in [2.05, 4.69) is 31.2 Å². The molecule has 1 saturated carbocycles. The van der Waals surface area contributed by atoms with Crippen LogP contribution in [0.5, 0.6) is 0 Å². The first-order chi connectivity index (χ1) is 11.4. The largest absolute Gasteiger partial charge is 0.439 e. The number of nitrogens with zero attached hydrogens (tertiary/aromatic N) is 2. The molecule has 0 bridgehead atoms. The SMILES string of the molecule is Cc1ccc(C2(C(=O)N3CCCC4(CN(C)C(=O)O4)C3)CC2)cc1. The van der Waals surface area contributed by atoms with Crippen LogP contribution in [-0.4, -0.2) is 54.1 Å². The van der Waals surface area contributed by atoms with E-state index in [9.17, 15) is 9.59 Å². The number of aryl methyl sites for hydroxylation is 1. The highest BCUT2D eigenvalue weighted by Crippen LogP contribution is 2.50. The molecule has 3 aliphatic rings. The number of piperidine rings is 1. The average molecular weight is 328 g/mol. The molecule has 5 nitrogen and oxygen atoms in total. The summed E-state index contributed by atoms with van der Waals surface area (Å²) in [5.41, 5.74) is 1.47. The summed E-state index contributed by atoms with van der Waals surface area (Å²) in [5.74, 6) is 0.205. The van der Waals surface area contributed by atoms with Crippen LogP contribution >= 0.6 is 0 Å². The molecule has 24 heavy (non-hydrogen) atoms. The molecule has 1 spiro atoms. The van der Waals surface area contributed by atoms with E-state index in [1.807, 2.05) is 4.90 Å². The van der Waals surface area contributed by atoms with Gasteiger partial charge in [-0.15, -0.1) is 0 Å². The molecule has 2 aliphatic heterocycles. The summed E-state index contributed by atoms with van der Waals surface area (Å²) in [7, 11) is 1.76. The van der Waals surface area contributed by atoms with Gasteiger partial charge in [0.1, 0.15) is 5.60 Å². The summed E-state index contributed by atoms with van der Waals surface area (Å²) in [6.07, 6.45) is 3.28. The maximum absolute atomic E-state index is 13.2. The summed E-state index contributed by atoms with van der Waals surface area (Å²) in [4.78, 5) is 28.6. The topological polar surface area (TPSA) is 49.9 Å². The third kappa shape index (κ3) is 2.38. The Bertz CT molecular complexity index is 680. The zero-order valence-electron chi connectivity index (χ0n) is 14.4. The lowest BCUT2D eigenvalue weighted by Gasteiger charge is -2.40. The molecule has 0 N–H and O–H groups in total. The van der Waals surface area contributed by atoms with Crippen molar-refractivity contribution >= 4 is 12.0 Å². The highest BCUT2D eigenvalue weighted by molar-refractivity contribution is 5.91. The number of likely N-dealkylation sites (N-methyl/N-ethyl adjacent to an activating group) is 1. The lowest BCUT2D eigenvalue weighted by molar-refractivity contribution is -0.139. The highest BCUT2D eigenvalue weighted by atomic mass is 16.6. The molecule has 5 heteroatoms. The van der Waals surface area contributed by atoms with Crippen LogP contribution in [-0.2, 0) is 14.9 Å². The van der Waals surface area contributed by atoms with E-state index in [4.69, 9.17) is 4.74 Å². The molecule has 1 unspecified atom stereocenters. The number of carbonyl (C=O) groups excluding carboxylic acids is 2. The fourth-order valence-electron chi connectivity index (χ4n) is 4.20. The molecule has 2 saturated heterocycles. The van der Waals surface area contributed by atoms with E-state index in [1.165, 1.54) is 5.56 Å². The van der Waals surface area contributed by atoms with Gasteiger partial charge in [0, 0.05) is 13.6 Å². The first kappa shape index (κ1) is 15.5. The van der Waals surface area contributed by atoms with Crippen LogP contribution in [0.15, 0.2) is 24.3 Å². The van der Waals surface area contributed by atoms with Crippen LogP contribution in [0, 0.1) is 6.92 Å². The second-order valence-corrected chi connectivity index (χ2v) is 7.69. The van der Waals surface area contributed by atoms with Gasteiger partial charge in [-0.25, -0.2) is 4.79 Å². The lowest BCUT2D eigenvalue weighted by atomic mass is 9.89. The van der Waals surface area contributed by atoms with Crippen LogP contribution in [0.3, 0.4) is 0 Å². The quantitative estimate of drug-likeness (QED) is 0.838. The van der Waals surface area contributed by atoms with Crippen LogP contribution in [0.25, 0.3) is 0 Å². The van der Waals surface area contributed by atoms with E-state index in [0.29, 0.717) is 13.1 Å². The summed E-state index contributed by atoms with van der Waals surface area (Å²) < 4.78 is 5.63. The standard InChI is InChI=1S/C19H24N2O3/c1-14-4-6-15(7-5-14)19(9-10-19)16(22)21-11-3-8-18(13-21)12-20(2)17(23)24-18/h4-7H,3,8-13H2,1-2H3. The molecule has 2 heterocycles. The number of hydrogen-bond acceptors (Lipinski definition) is 3. The number of carbonyl (C=O) groups is 2. The zero-order valence-corrected chi connectivity index (χ0v) is 14.4. The molecular formula is C19H24N2O3. The van der Waals surface area contributed by atoms with Gasteiger partial charge < -0.3 is 14.5 Å². The maximum atomic E-state index is 13.2. The number of ether oxygens (including phenoxy) is 1. The van der Waals surface area contributed by atoms with Crippen molar-refractivity contribution in [3.63, 3.8) is 0 Å². The van der Waals surface area contributed by atoms with Gasteiger partial charge in [-0.3, -0.25) is 4.79 Å². The molecule has 1 atom stereocenters. The van der Waals surface area contributed by atoms with Crippen molar-refractivity contribution in [1.82, 2.24) is 9.80 Å². The van der Waals surface area contributed by atoms with Crippen molar-refractivity contribution in [1.29, 1.82) is 0 Å². The predicted octanol–water partition coefficient (Wildman–Crippen LogP) is 2.47. The summed E-state index contributed by atoms with van der Waals surface area (Å²) in [5, 5.41) is 0. The minimum absolute atomic E-state index is 0.205. The molecule has 4 rings (SSSR count). The summed E-state index contributed by atoms with van der Waals surface area (Å²) in [6.45, 7) is 3.92. The Kier molecular flexibility index (Phi) is 3.37. The summed E-state index contributed by atoms with van der Waals surface area (Å²) >= 11 is 0.